The molecule has 1 N–H and O–H groups in total. The maximum Gasteiger partial charge on any atom is 0.304 e. The molecule has 3 aromatic rings. The van der Waals surface area contributed by atoms with Gasteiger partial charge in [0.25, 0.3) is 0 Å². The first-order chi connectivity index (χ1) is 9.71. The highest BCUT2D eigenvalue weighted by atomic mass is 35.5. The van der Waals surface area contributed by atoms with Crippen LogP contribution in [-0.4, -0.2) is 21.6 Å². The van der Waals surface area contributed by atoms with Crippen LogP contribution < -0.4 is 9.61 Å². The molecular weight excluding hydrogens is 298 g/mol. The Morgan fingerprint density at radius 2 is 2.35 bits per heavy atom. The number of thiazole rings is 1. The Morgan fingerprint density at radius 1 is 1.50 bits per heavy atom. The van der Waals surface area contributed by atoms with Gasteiger partial charge in [-0.1, -0.05) is 11.3 Å². The zero-order chi connectivity index (χ0) is 14.1. The molecule has 5 nitrogen and oxygen atoms in total. The molecule has 0 radical (unpaired) electrons. The van der Waals surface area contributed by atoms with Crippen molar-refractivity contribution in [2.75, 3.05) is 7.11 Å². The zero-order valence-electron chi connectivity index (χ0n) is 10.7. The van der Waals surface area contributed by atoms with Gasteiger partial charge in [-0.15, -0.1) is 11.6 Å². The first-order valence-corrected chi connectivity index (χ1v) is 7.38. The van der Waals surface area contributed by atoms with Gasteiger partial charge < -0.3 is 14.3 Å². The molecular formula is C13H12ClN3O2S. The van der Waals surface area contributed by atoms with Crippen molar-refractivity contribution in [2.45, 2.75) is 12.4 Å². The van der Waals surface area contributed by atoms with Gasteiger partial charge in [0.1, 0.15) is 11.6 Å². The van der Waals surface area contributed by atoms with Gasteiger partial charge in [0.15, 0.2) is 0 Å². The van der Waals surface area contributed by atoms with Gasteiger partial charge in [0, 0.05) is 17.1 Å². The van der Waals surface area contributed by atoms with Crippen LogP contribution in [0, 0.1) is 0 Å². The number of H-pyrrole nitrogens is 1. The highest BCUT2D eigenvalue weighted by Crippen LogP contribution is 2.23. The number of imidazole rings is 1. The minimum atomic E-state index is -0.0569. The summed E-state index contributed by atoms with van der Waals surface area (Å²) >= 11 is 7.12. The molecule has 2 aromatic heterocycles. The van der Waals surface area contributed by atoms with Crippen molar-refractivity contribution in [2.24, 2.45) is 0 Å². The lowest BCUT2D eigenvalue weighted by Gasteiger charge is -2.06. The van der Waals surface area contributed by atoms with Gasteiger partial charge in [-0.25, -0.2) is 4.98 Å². The molecule has 0 fully saturated rings. The van der Waals surface area contributed by atoms with E-state index in [1.807, 2.05) is 28.1 Å². The standard InChI is InChI=1S/C13H12ClN3O2S/c1-19-9-2-3-11-10(4-9)16-12(5-14)17(11)6-8-7-20-13(18)15-8/h2-4,7H,5-6H2,1H3,(H,15,18). The molecule has 104 valence electrons. The Hall–Kier alpha value is -1.79. The number of nitrogens with zero attached hydrogens (tertiary/aromatic N) is 2. The number of aromatic amines is 1. The molecule has 0 spiro atoms. The van der Waals surface area contributed by atoms with Crippen LogP contribution in [0.5, 0.6) is 5.75 Å². The number of rotatable bonds is 4. The Labute approximate surface area is 123 Å². The summed E-state index contributed by atoms with van der Waals surface area (Å²) < 4.78 is 7.20. The van der Waals surface area contributed by atoms with E-state index in [1.165, 1.54) is 0 Å². The second-order valence-electron chi connectivity index (χ2n) is 4.28. The number of methoxy groups -OCH3 is 1. The van der Waals surface area contributed by atoms with Crippen molar-refractivity contribution in [3.63, 3.8) is 0 Å². The first-order valence-electron chi connectivity index (χ1n) is 5.97. The lowest BCUT2D eigenvalue weighted by molar-refractivity contribution is 0.415. The Balaban J connectivity index is 2.10. The molecule has 0 atom stereocenters. The van der Waals surface area contributed by atoms with E-state index in [4.69, 9.17) is 16.3 Å². The number of halogens is 1. The molecule has 0 bridgehead atoms. The predicted octanol–water partition coefficient (Wildman–Crippen LogP) is 2.58. The second kappa shape index (κ2) is 5.30. The maximum absolute atomic E-state index is 11.2. The number of aromatic nitrogens is 3. The van der Waals surface area contributed by atoms with Gasteiger partial charge in [-0.3, -0.25) is 4.79 Å². The number of benzene rings is 1. The molecule has 1 aromatic carbocycles. The first kappa shape index (κ1) is 13.2. The third-order valence-electron chi connectivity index (χ3n) is 3.05. The van der Waals surface area contributed by atoms with Gasteiger partial charge in [-0.05, 0) is 12.1 Å². The molecule has 0 saturated carbocycles. The monoisotopic (exact) mass is 309 g/mol. The lowest BCUT2D eigenvalue weighted by Crippen LogP contribution is -2.06. The van der Waals surface area contributed by atoms with E-state index in [0.29, 0.717) is 12.4 Å². The summed E-state index contributed by atoms with van der Waals surface area (Å²) in [5.74, 6) is 1.83. The second-order valence-corrected chi connectivity index (χ2v) is 5.39. The van der Waals surface area contributed by atoms with E-state index in [2.05, 4.69) is 9.97 Å². The van der Waals surface area contributed by atoms with Crippen molar-refractivity contribution in [1.82, 2.24) is 14.5 Å². The van der Waals surface area contributed by atoms with E-state index in [-0.39, 0.29) is 4.87 Å². The normalized spacial score (nSPS) is 11.1. The van der Waals surface area contributed by atoms with Crippen molar-refractivity contribution in [3.05, 3.63) is 44.8 Å². The fraction of sp³-hybridized carbons (Fsp3) is 0.231. The number of nitrogens with one attached hydrogen (secondary N) is 1. The van der Waals surface area contributed by atoms with E-state index < -0.39 is 0 Å². The molecule has 0 aliphatic heterocycles. The number of fused-ring (bicyclic) bond motifs is 1. The molecule has 0 aliphatic carbocycles. The molecule has 0 saturated heterocycles. The van der Waals surface area contributed by atoms with Crippen molar-refractivity contribution in [3.8, 4) is 5.75 Å². The maximum atomic E-state index is 11.2. The largest absolute Gasteiger partial charge is 0.497 e. The Kier molecular flexibility index (Phi) is 3.50. The summed E-state index contributed by atoms with van der Waals surface area (Å²) in [6.07, 6.45) is 0. The predicted molar refractivity (Wildman–Crippen MR) is 79.9 cm³/mol. The Bertz CT molecular complexity index is 805. The molecule has 0 amide bonds. The number of hydrogen-bond acceptors (Lipinski definition) is 4. The molecule has 3 rings (SSSR count). The van der Waals surface area contributed by atoms with Gasteiger partial charge in [-0.2, -0.15) is 0 Å². The third kappa shape index (κ3) is 2.32. The topological polar surface area (TPSA) is 59.9 Å². The summed E-state index contributed by atoms with van der Waals surface area (Å²) in [4.78, 5) is 18.5. The van der Waals surface area contributed by atoms with Crippen LogP contribution in [-0.2, 0) is 12.4 Å². The number of alkyl halides is 1. The SMILES string of the molecule is COc1ccc2c(c1)nc(CCl)n2Cc1csc(=O)[nH]1. The fourth-order valence-corrected chi connectivity index (χ4v) is 2.90. The number of ether oxygens (including phenoxy) is 1. The summed E-state index contributed by atoms with van der Waals surface area (Å²) in [7, 11) is 1.62. The molecule has 7 heteroatoms. The minimum Gasteiger partial charge on any atom is -0.497 e. The fourth-order valence-electron chi connectivity index (χ4n) is 2.13. The van der Waals surface area contributed by atoms with Crippen LogP contribution >= 0.6 is 22.9 Å². The highest BCUT2D eigenvalue weighted by Gasteiger charge is 2.12. The van der Waals surface area contributed by atoms with Crippen LogP contribution in [0.2, 0.25) is 0 Å². The van der Waals surface area contributed by atoms with E-state index in [0.717, 1.165) is 39.6 Å². The van der Waals surface area contributed by atoms with Gasteiger partial charge in [0.2, 0.25) is 0 Å². The van der Waals surface area contributed by atoms with Crippen molar-refractivity contribution >= 4 is 34.0 Å². The molecule has 20 heavy (non-hydrogen) atoms. The average Bonchev–Trinajstić information content (AvgIpc) is 3.02. The zero-order valence-corrected chi connectivity index (χ0v) is 12.3. The van der Waals surface area contributed by atoms with Crippen LogP contribution in [0.25, 0.3) is 11.0 Å². The van der Waals surface area contributed by atoms with Crippen molar-refractivity contribution in [1.29, 1.82) is 0 Å². The van der Waals surface area contributed by atoms with Gasteiger partial charge >= 0.3 is 4.87 Å². The van der Waals surface area contributed by atoms with E-state index >= 15 is 0 Å². The summed E-state index contributed by atoms with van der Waals surface area (Å²) in [5.41, 5.74) is 2.65. The smallest absolute Gasteiger partial charge is 0.304 e. The minimum absolute atomic E-state index is 0.0569. The van der Waals surface area contributed by atoms with Crippen LogP contribution in [0.3, 0.4) is 0 Å². The van der Waals surface area contributed by atoms with Gasteiger partial charge in [0.05, 0.1) is 30.6 Å². The van der Waals surface area contributed by atoms with Crippen LogP contribution in [0.1, 0.15) is 11.5 Å². The average molecular weight is 310 g/mol. The van der Waals surface area contributed by atoms with E-state index in [9.17, 15) is 4.79 Å². The highest BCUT2D eigenvalue weighted by molar-refractivity contribution is 7.07. The van der Waals surface area contributed by atoms with Crippen molar-refractivity contribution < 1.29 is 4.74 Å². The molecule has 0 aliphatic rings. The number of hydrogen-bond donors (Lipinski definition) is 1. The van der Waals surface area contributed by atoms with E-state index in [1.54, 1.807) is 7.11 Å². The van der Waals surface area contributed by atoms with Crippen LogP contribution in [0.15, 0.2) is 28.4 Å². The molecule has 0 unspecified atom stereocenters. The quantitative estimate of drug-likeness (QED) is 0.754. The summed E-state index contributed by atoms with van der Waals surface area (Å²) in [5, 5.41) is 1.82. The summed E-state index contributed by atoms with van der Waals surface area (Å²) in [6, 6.07) is 5.70. The molecule has 2 heterocycles. The summed E-state index contributed by atoms with van der Waals surface area (Å²) in [6.45, 7) is 0.545. The van der Waals surface area contributed by atoms with Crippen LogP contribution in [0.4, 0.5) is 0 Å². The Morgan fingerprint density at radius 3 is 3.00 bits per heavy atom. The lowest BCUT2D eigenvalue weighted by atomic mass is 10.3. The third-order valence-corrected chi connectivity index (χ3v) is 4.01.